The molecule has 2 rings (SSSR count). The van der Waals surface area contributed by atoms with Gasteiger partial charge in [0.25, 0.3) is 0 Å². The lowest BCUT2D eigenvalue weighted by molar-refractivity contribution is -0.149. The van der Waals surface area contributed by atoms with Crippen molar-refractivity contribution >= 4 is 12.0 Å². The third kappa shape index (κ3) is 2.50. The van der Waals surface area contributed by atoms with Crippen molar-refractivity contribution in [1.82, 2.24) is 10.2 Å². The van der Waals surface area contributed by atoms with Crippen molar-refractivity contribution in [3.8, 4) is 6.07 Å². The number of carboxylic acids is 1. The zero-order valence-electron chi connectivity index (χ0n) is 10.9. The number of amides is 2. The standard InChI is InChI=1S/C13H19N3O3/c14-6-1-2-7-15-12(19)16-8-10-4-3-5-13(10,9-16)11(17)18/h10H,1-5,7-9H2,(H,15,19)(H,17,18)/t10-,13+/m0/s1. The number of hydrogen-bond donors (Lipinski definition) is 2. The monoisotopic (exact) mass is 265 g/mol. The third-order valence-corrected chi connectivity index (χ3v) is 4.33. The van der Waals surface area contributed by atoms with Crippen molar-refractivity contribution in [3.05, 3.63) is 0 Å². The van der Waals surface area contributed by atoms with E-state index in [4.69, 9.17) is 5.26 Å². The van der Waals surface area contributed by atoms with Crippen LogP contribution in [0.25, 0.3) is 0 Å². The molecule has 1 aliphatic carbocycles. The lowest BCUT2D eigenvalue weighted by Gasteiger charge is -2.23. The predicted octanol–water partition coefficient (Wildman–Crippen LogP) is 1.19. The number of nitriles is 1. The fourth-order valence-corrected chi connectivity index (χ4v) is 3.27. The highest BCUT2D eigenvalue weighted by atomic mass is 16.4. The Labute approximate surface area is 112 Å². The number of aliphatic carboxylic acids is 1. The number of carboxylic acid groups (broad SMARTS) is 1. The van der Waals surface area contributed by atoms with Gasteiger partial charge in [-0.3, -0.25) is 4.79 Å². The summed E-state index contributed by atoms with van der Waals surface area (Å²) >= 11 is 0. The van der Waals surface area contributed by atoms with Gasteiger partial charge in [-0.05, 0) is 25.2 Å². The van der Waals surface area contributed by atoms with Gasteiger partial charge in [0.05, 0.1) is 11.5 Å². The molecule has 19 heavy (non-hydrogen) atoms. The van der Waals surface area contributed by atoms with E-state index < -0.39 is 11.4 Å². The first-order valence-electron chi connectivity index (χ1n) is 6.73. The molecule has 2 fully saturated rings. The molecule has 2 amide bonds. The van der Waals surface area contributed by atoms with Gasteiger partial charge in [0.1, 0.15) is 0 Å². The van der Waals surface area contributed by atoms with Crippen LogP contribution in [0.1, 0.15) is 32.1 Å². The lowest BCUT2D eigenvalue weighted by Crippen LogP contribution is -2.41. The van der Waals surface area contributed by atoms with Crippen LogP contribution >= 0.6 is 0 Å². The van der Waals surface area contributed by atoms with E-state index in [1.165, 1.54) is 0 Å². The van der Waals surface area contributed by atoms with Crippen LogP contribution in [0, 0.1) is 22.7 Å². The Hall–Kier alpha value is -1.77. The van der Waals surface area contributed by atoms with Gasteiger partial charge < -0.3 is 15.3 Å². The summed E-state index contributed by atoms with van der Waals surface area (Å²) in [6.45, 7) is 1.32. The van der Waals surface area contributed by atoms with Crippen molar-refractivity contribution in [1.29, 1.82) is 5.26 Å². The first kappa shape index (κ1) is 13.7. The van der Waals surface area contributed by atoms with Gasteiger partial charge in [-0.2, -0.15) is 5.26 Å². The summed E-state index contributed by atoms with van der Waals surface area (Å²) in [5.41, 5.74) is -0.718. The number of rotatable bonds is 4. The molecule has 1 heterocycles. The highest BCUT2D eigenvalue weighted by Crippen LogP contribution is 2.48. The predicted molar refractivity (Wildman–Crippen MR) is 67.2 cm³/mol. The van der Waals surface area contributed by atoms with Crippen LogP contribution in [0.3, 0.4) is 0 Å². The van der Waals surface area contributed by atoms with Crippen LogP contribution in [0.4, 0.5) is 4.79 Å². The molecule has 0 aromatic carbocycles. The highest BCUT2D eigenvalue weighted by Gasteiger charge is 2.55. The Morgan fingerprint density at radius 2 is 2.32 bits per heavy atom. The summed E-state index contributed by atoms with van der Waals surface area (Å²) in [4.78, 5) is 25.0. The number of fused-ring (bicyclic) bond motifs is 1. The van der Waals surface area contributed by atoms with Crippen molar-refractivity contribution in [3.63, 3.8) is 0 Å². The van der Waals surface area contributed by atoms with Crippen molar-refractivity contribution < 1.29 is 14.7 Å². The first-order valence-corrected chi connectivity index (χ1v) is 6.73. The summed E-state index contributed by atoms with van der Waals surface area (Å²) < 4.78 is 0. The second kappa shape index (κ2) is 5.47. The largest absolute Gasteiger partial charge is 0.481 e. The summed E-state index contributed by atoms with van der Waals surface area (Å²) in [5.74, 6) is -0.676. The Bertz CT molecular complexity index is 418. The van der Waals surface area contributed by atoms with Crippen molar-refractivity contribution in [2.75, 3.05) is 19.6 Å². The summed E-state index contributed by atoms with van der Waals surface area (Å²) in [7, 11) is 0. The average molecular weight is 265 g/mol. The van der Waals surface area contributed by atoms with E-state index in [0.717, 1.165) is 12.8 Å². The summed E-state index contributed by atoms with van der Waals surface area (Å²) in [6, 6.07) is 1.82. The number of hydrogen-bond acceptors (Lipinski definition) is 3. The number of nitrogens with zero attached hydrogens (tertiary/aromatic N) is 2. The number of likely N-dealkylation sites (tertiary alicyclic amines) is 1. The summed E-state index contributed by atoms with van der Waals surface area (Å²) in [6.07, 6.45) is 3.55. The maximum Gasteiger partial charge on any atom is 0.317 e. The number of carbonyl (C=O) groups excluding carboxylic acids is 1. The van der Waals surface area contributed by atoms with Gasteiger partial charge in [0.2, 0.25) is 0 Å². The fourth-order valence-electron chi connectivity index (χ4n) is 3.27. The lowest BCUT2D eigenvalue weighted by atomic mass is 9.81. The van der Waals surface area contributed by atoms with Crippen molar-refractivity contribution in [2.24, 2.45) is 11.3 Å². The molecule has 104 valence electrons. The molecule has 2 N–H and O–H groups in total. The molecule has 2 atom stereocenters. The molecule has 0 bridgehead atoms. The molecule has 1 saturated carbocycles. The summed E-state index contributed by atoms with van der Waals surface area (Å²) in [5, 5.41) is 20.6. The van der Waals surface area contributed by atoms with Crippen LogP contribution in [0.2, 0.25) is 0 Å². The topological polar surface area (TPSA) is 93.4 Å². The molecule has 0 aromatic rings. The van der Waals surface area contributed by atoms with E-state index in [1.54, 1.807) is 4.90 Å². The number of nitrogens with one attached hydrogen (secondary N) is 1. The average Bonchev–Trinajstić information content (AvgIpc) is 2.91. The van der Waals surface area contributed by atoms with Crippen molar-refractivity contribution in [2.45, 2.75) is 32.1 Å². The SMILES string of the molecule is N#CCCCNC(=O)N1C[C@@H]2CCC[C@@]2(C(=O)O)C1. The zero-order valence-corrected chi connectivity index (χ0v) is 10.9. The Morgan fingerprint density at radius 1 is 1.53 bits per heavy atom. The van der Waals surface area contributed by atoms with Crippen LogP contribution in [-0.4, -0.2) is 41.6 Å². The molecule has 2 aliphatic rings. The van der Waals surface area contributed by atoms with Gasteiger partial charge in [0.15, 0.2) is 0 Å². The minimum atomic E-state index is -0.769. The van der Waals surface area contributed by atoms with Gasteiger partial charge in [-0.25, -0.2) is 4.79 Å². The molecule has 0 aromatic heterocycles. The second-order valence-electron chi connectivity index (χ2n) is 5.42. The van der Waals surface area contributed by atoms with Crippen LogP contribution < -0.4 is 5.32 Å². The molecule has 6 nitrogen and oxygen atoms in total. The second-order valence-corrected chi connectivity index (χ2v) is 5.42. The molecular formula is C13H19N3O3. The molecular weight excluding hydrogens is 246 g/mol. The van der Waals surface area contributed by atoms with Gasteiger partial charge >= 0.3 is 12.0 Å². The normalized spacial score (nSPS) is 28.8. The maximum absolute atomic E-state index is 11.9. The number of carbonyl (C=O) groups is 2. The minimum Gasteiger partial charge on any atom is -0.481 e. The smallest absolute Gasteiger partial charge is 0.317 e. The van der Waals surface area contributed by atoms with E-state index in [0.29, 0.717) is 38.9 Å². The highest BCUT2D eigenvalue weighted by molar-refractivity contribution is 5.80. The van der Waals surface area contributed by atoms with E-state index in [9.17, 15) is 14.7 Å². The Kier molecular flexibility index (Phi) is 3.93. The molecule has 1 aliphatic heterocycles. The van der Waals surface area contributed by atoms with E-state index >= 15 is 0 Å². The van der Waals surface area contributed by atoms with E-state index in [1.807, 2.05) is 6.07 Å². The first-order chi connectivity index (χ1) is 9.10. The fraction of sp³-hybridized carbons (Fsp3) is 0.769. The Morgan fingerprint density at radius 3 is 2.95 bits per heavy atom. The van der Waals surface area contributed by atoms with Crippen LogP contribution in [0.5, 0.6) is 0 Å². The van der Waals surface area contributed by atoms with Gasteiger partial charge in [0, 0.05) is 26.1 Å². The Balaban J connectivity index is 1.89. The minimum absolute atomic E-state index is 0.0925. The number of urea groups is 1. The van der Waals surface area contributed by atoms with Crippen LogP contribution in [-0.2, 0) is 4.79 Å². The van der Waals surface area contributed by atoms with E-state index in [2.05, 4.69) is 5.32 Å². The molecule has 0 radical (unpaired) electrons. The molecule has 0 spiro atoms. The molecule has 6 heteroatoms. The number of unbranched alkanes of at least 4 members (excludes halogenated alkanes) is 1. The third-order valence-electron chi connectivity index (χ3n) is 4.33. The van der Waals surface area contributed by atoms with Crippen LogP contribution in [0.15, 0.2) is 0 Å². The maximum atomic E-state index is 11.9. The zero-order chi connectivity index (χ0) is 13.9. The van der Waals surface area contributed by atoms with Gasteiger partial charge in [-0.15, -0.1) is 0 Å². The molecule has 0 unspecified atom stereocenters. The van der Waals surface area contributed by atoms with E-state index in [-0.39, 0.29) is 11.9 Å². The van der Waals surface area contributed by atoms with Gasteiger partial charge in [-0.1, -0.05) is 6.42 Å². The molecule has 1 saturated heterocycles. The quantitative estimate of drug-likeness (QED) is 0.746.